The second kappa shape index (κ2) is 49.5. The lowest BCUT2D eigenvalue weighted by atomic mass is 9.84. The summed E-state index contributed by atoms with van der Waals surface area (Å²) in [4.78, 5) is 75.0. The first-order valence-electron chi connectivity index (χ1n) is 35.0. The molecule has 0 heterocycles. The highest BCUT2D eigenvalue weighted by atomic mass is 32.2. The first kappa shape index (κ1) is 88.1. The predicted molar refractivity (Wildman–Crippen MR) is 387 cm³/mol. The van der Waals surface area contributed by atoms with Gasteiger partial charge in [0.15, 0.2) is 6.10 Å². The van der Waals surface area contributed by atoms with Crippen LogP contribution in [-0.4, -0.2) is 183 Å². The van der Waals surface area contributed by atoms with Crippen molar-refractivity contribution in [1.29, 1.82) is 0 Å². The molecule has 20 heteroatoms. The van der Waals surface area contributed by atoms with Gasteiger partial charge in [-0.2, -0.15) is 0 Å². The highest BCUT2D eigenvalue weighted by Crippen LogP contribution is 2.48. The van der Waals surface area contributed by atoms with Crippen molar-refractivity contribution in [2.24, 2.45) is 41.4 Å². The molecule has 0 aliphatic carbocycles. The molecule has 19 nitrogen and oxygen atoms in total. The number of rotatable bonds is 50. The average molecular weight is 1390 g/mol. The van der Waals surface area contributed by atoms with Crippen molar-refractivity contribution in [1.82, 2.24) is 9.80 Å². The molecule has 0 saturated heterocycles. The summed E-state index contributed by atoms with van der Waals surface area (Å²) >= 11 is 1.84. The van der Waals surface area contributed by atoms with Gasteiger partial charge in [0, 0.05) is 111 Å². The summed E-state index contributed by atoms with van der Waals surface area (Å²) < 4.78 is 63.3. The van der Waals surface area contributed by atoms with Crippen molar-refractivity contribution in [3.05, 3.63) is 132 Å². The standard InChI is InChI=1S/C50H71NO9S.C28H51NO8/c1-10-44(34-46(55-8)38(4)26-27-45(60-49(54)37(2)3)40(6)48(56-9)39(5)28-29-51(7)36-52)59-47(53)35-58-31-30-57-32-33-61-50(41-20-14-11-15-21-41,42-22-16-12-17-23-42)43-24-18-13-19-25-43;1-11-23(36-26(31)12-2)17-25(34-9)19(3)13-14-24(37-28(32)22(6)33-8)21(5)27(35-10)20(4)15-16-29(7)18-30/h11-25,28-29,36-40,44-46,48H,10,26-27,30-35H2,1-9H3;15-16,18-25,27H,11-14,17H2,1-10H3/b29-28+;16-15+/t38-,39+,40-,44+,45+,46-,48+;19-,20+,21-,22+,23+,24+,25-,27+/m00/s1. The number of methoxy groups -OCH3 is 5. The van der Waals surface area contributed by atoms with E-state index in [0.29, 0.717) is 64.6 Å². The molecule has 3 aromatic rings. The summed E-state index contributed by atoms with van der Waals surface area (Å²) in [5, 5.41) is 0. The largest absolute Gasteiger partial charge is 0.462 e. The van der Waals surface area contributed by atoms with Gasteiger partial charge in [-0.1, -0.05) is 179 Å². The van der Waals surface area contributed by atoms with E-state index in [0.717, 1.165) is 25.0 Å². The zero-order valence-corrected chi connectivity index (χ0v) is 63.3. The van der Waals surface area contributed by atoms with Crippen molar-refractivity contribution in [3.63, 3.8) is 0 Å². The molecule has 2 amide bonds. The molecule has 0 radical (unpaired) electrons. The molecule has 552 valence electrons. The summed E-state index contributed by atoms with van der Waals surface area (Å²) in [5.74, 6) is -0.988. The van der Waals surface area contributed by atoms with Crippen LogP contribution in [0.15, 0.2) is 116 Å². The molecule has 0 aliphatic heterocycles. The number of esters is 4. The normalized spacial score (nSPS) is 16.4. The maximum Gasteiger partial charge on any atom is 0.335 e. The molecular formula is C78H122N2O17S. The van der Waals surface area contributed by atoms with Gasteiger partial charge in [0.1, 0.15) is 31.0 Å². The van der Waals surface area contributed by atoms with Crippen LogP contribution in [0.25, 0.3) is 0 Å². The molecule has 0 spiro atoms. The van der Waals surface area contributed by atoms with Crippen LogP contribution in [0.3, 0.4) is 0 Å². The van der Waals surface area contributed by atoms with Gasteiger partial charge >= 0.3 is 23.9 Å². The quantitative estimate of drug-likeness (QED) is 0.0169. The van der Waals surface area contributed by atoms with E-state index in [1.165, 1.54) is 33.6 Å². The molecule has 15 atom stereocenters. The van der Waals surface area contributed by atoms with Gasteiger partial charge in [0.2, 0.25) is 12.8 Å². The Morgan fingerprint density at radius 1 is 0.480 bits per heavy atom. The van der Waals surface area contributed by atoms with E-state index in [1.807, 2.05) is 97.5 Å². The molecule has 0 saturated carbocycles. The smallest absolute Gasteiger partial charge is 0.335 e. The Kier molecular flexibility index (Phi) is 44.6. The highest BCUT2D eigenvalue weighted by molar-refractivity contribution is 8.00. The van der Waals surface area contributed by atoms with Gasteiger partial charge in [-0.25, -0.2) is 9.59 Å². The topological polar surface area (TPSA) is 210 Å². The van der Waals surface area contributed by atoms with E-state index in [9.17, 15) is 28.8 Å². The second-order valence-electron chi connectivity index (χ2n) is 25.9. The lowest BCUT2D eigenvalue weighted by molar-refractivity contribution is -0.166. The van der Waals surface area contributed by atoms with Crippen molar-refractivity contribution >= 4 is 48.5 Å². The summed E-state index contributed by atoms with van der Waals surface area (Å²) in [7, 11) is 11.4. The fraction of sp³-hybridized carbons (Fsp3) is 0.641. The minimum absolute atomic E-state index is 0.0360. The molecular weight excluding hydrogens is 1270 g/mol. The van der Waals surface area contributed by atoms with Crippen LogP contribution < -0.4 is 0 Å². The van der Waals surface area contributed by atoms with Crippen molar-refractivity contribution in [2.45, 2.75) is 201 Å². The van der Waals surface area contributed by atoms with Crippen LogP contribution in [0.4, 0.5) is 0 Å². The van der Waals surface area contributed by atoms with Crippen LogP contribution in [0.1, 0.15) is 158 Å². The van der Waals surface area contributed by atoms with Gasteiger partial charge in [-0.3, -0.25) is 19.2 Å². The van der Waals surface area contributed by atoms with Gasteiger partial charge < -0.3 is 61.9 Å². The molecule has 3 aromatic carbocycles. The number of amides is 2. The molecule has 0 unspecified atom stereocenters. The zero-order chi connectivity index (χ0) is 73.2. The molecule has 0 aromatic heterocycles. The Hall–Kier alpha value is -5.97. The van der Waals surface area contributed by atoms with Gasteiger partial charge in [0.05, 0.1) is 54.9 Å². The number of hydrogen-bond donors (Lipinski definition) is 0. The molecule has 0 N–H and O–H groups in total. The van der Waals surface area contributed by atoms with Gasteiger partial charge in [-0.15, -0.1) is 11.8 Å². The number of nitrogens with zero attached hydrogens (tertiary/aromatic N) is 2. The second-order valence-corrected chi connectivity index (χ2v) is 27.2. The van der Waals surface area contributed by atoms with E-state index in [1.54, 1.807) is 68.8 Å². The van der Waals surface area contributed by atoms with Crippen molar-refractivity contribution < 1.29 is 80.9 Å². The predicted octanol–water partition coefficient (Wildman–Crippen LogP) is 13.7. The molecule has 98 heavy (non-hydrogen) atoms. The monoisotopic (exact) mass is 1390 g/mol. The number of carbonyl (C=O) groups is 6. The van der Waals surface area contributed by atoms with E-state index in [2.05, 4.69) is 86.6 Å². The minimum Gasteiger partial charge on any atom is -0.462 e. The molecule has 0 aliphatic rings. The average Bonchev–Trinajstić information content (AvgIpc) is 0.761. The third-order valence-electron chi connectivity index (χ3n) is 18.2. The number of hydrogen-bond acceptors (Lipinski definition) is 18. The first-order chi connectivity index (χ1) is 46.9. The van der Waals surface area contributed by atoms with Crippen LogP contribution in [0.5, 0.6) is 0 Å². The Morgan fingerprint density at radius 2 is 0.878 bits per heavy atom. The minimum atomic E-state index is -0.683. The lowest BCUT2D eigenvalue weighted by Gasteiger charge is -2.35. The number of carbonyl (C=O) groups excluding carboxylic acids is 6. The maximum absolute atomic E-state index is 12.9. The SMILES string of the molecule is CCC(=O)O[C@H](CC)C[C@H](OC)[C@@H](C)CC[C@@H](OC(=O)[C@@H](C)OC)[C@H](C)[C@H](OC)[C@H](C)/C=C/N(C)C=O.CC[C@H](C[C@H](OC)[C@@H](C)CC[C@@H](OC(=O)C(C)C)[C@H](C)[C@H](OC)[C@H](C)/C=C/N(C)C=O)OC(=O)COCCOCCSC(c1ccccc1)(c1ccccc1)c1ccccc1. The van der Waals surface area contributed by atoms with Crippen LogP contribution in [-0.2, 0) is 85.6 Å². The Bertz CT molecular complexity index is 2610. The molecule has 0 fully saturated rings. The summed E-state index contributed by atoms with van der Waals surface area (Å²) in [6, 6.07) is 31.8. The fourth-order valence-corrected chi connectivity index (χ4v) is 13.3. The third-order valence-corrected chi connectivity index (χ3v) is 19.7. The summed E-state index contributed by atoms with van der Waals surface area (Å²) in [5.41, 5.74) is 3.61. The number of thioether (sulfide) groups is 1. The van der Waals surface area contributed by atoms with Crippen LogP contribution >= 0.6 is 11.8 Å². The van der Waals surface area contributed by atoms with Crippen molar-refractivity contribution in [3.8, 4) is 0 Å². The Labute approximate surface area is 592 Å². The van der Waals surface area contributed by atoms with Gasteiger partial charge in [0.25, 0.3) is 0 Å². The number of benzene rings is 3. The van der Waals surface area contributed by atoms with E-state index in [-0.39, 0.29) is 103 Å². The Balaban J connectivity index is 0.000000757. The maximum atomic E-state index is 12.9. The van der Waals surface area contributed by atoms with Gasteiger partial charge in [-0.05, 0) is 74.0 Å². The summed E-state index contributed by atoms with van der Waals surface area (Å²) in [6.45, 7) is 24.3. The van der Waals surface area contributed by atoms with Crippen LogP contribution in [0, 0.1) is 41.4 Å². The third kappa shape index (κ3) is 30.9. The van der Waals surface area contributed by atoms with E-state index >= 15 is 0 Å². The first-order valence-corrected chi connectivity index (χ1v) is 36.0. The lowest BCUT2D eigenvalue weighted by Crippen LogP contribution is -2.40. The van der Waals surface area contributed by atoms with E-state index < -0.39 is 35.0 Å². The van der Waals surface area contributed by atoms with Crippen molar-refractivity contribution in [2.75, 3.05) is 81.8 Å². The summed E-state index contributed by atoms with van der Waals surface area (Å²) in [6.07, 6.45) is 11.3. The van der Waals surface area contributed by atoms with Crippen LogP contribution in [0.2, 0.25) is 0 Å². The Morgan fingerprint density at radius 3 is 1.23 bits per heavy atom. The molecule has 3 rings (SSSR count). The number of ether oxygens (including phenoxy) is 11. The van der Waals surface area contributed by atoms with E-state index in [4.69, 9.17) is 52.1 Å². The fourth-order valence-electron chi connectivity index (χ4n) is 11.9. The molecule has 0 bridgehead atoms. The highest BCUT2D eigenvalue weighted by Gasteiger charge is 2.38. The zero-order valence-electron chi connectivity index (χ0n) is 62.5.